The van der Waals surface area contributed by atoms with Gasteiger partial charge < -0.3 is 4.90 Å². The third-order valence-electron chi connectivity index (χ3n) is 3.60. The van der Waals surface area contributed by atoms with Gasteiger partial charge in [-0.2, -0.15) is 11.8 Å². The van der Waals surface area contributed by atoms with Crippen LogP contribution in [0.2, 0.25) is 0 Å². The quantitative estimate of drug-likeness (QED) is 0.840. The molecule has 1 aliphatic rings. The Balaban J connectivity index is 2.17. The fraction of sp³-hybridized carbons (Fsp3) is 0.533. The number of nitrogens with one attached hydrogen (secondary N) is 1. The third kappa shape index (κ3) is 3.12. The van der Waals surface area contributed by atoms with Gasteiger partial charge in [0.25, 0.3) is 0 Å². The lowest BCUT2D eigenvalue weighted by Crippen LogP contribution is -2.32. The molecule has 1 amide bonds. The molecule has 0 spiro atoms. The topological polar surface area (TPSA) is 32.3 Å². The molecule has 104 valence electrons. The van der Waals surface area contributed by atoms with Gasteiger partial charge in [0.05, 0.1) is 6.04 Å². The highest BCUT2D eigenvalue weighted by Crippen LogP contribution is 2.27. The summed E-state index contributed by atoms with van der Waals surface area (Å²) in [5.41, 5.74) is 2.45. The van der Waals surface area contributed by atoms with Gasteiger partial charge in [0.15, 0.2) is 0 Å². The van der Waals surface area contributed by atoms with E-state index < -0.39 is 0 Å². The second-order valence-electron chi connectivity index (χ2n) is 5.03. The first-order valence-electron chi connectivity index (χ1n) is 6.76. The zero-order valence-electron chi connectivity index (χ0n) is 11.8. The van der Waals surface area contributed by atoms with Crippen LogP contribution in [0.3, 0.4) is 0 Å². The zero-order chi connectivity index (χ0) is 13.8. The van der Waals surface area contributed by atoms with Crippen LogP contribution in [-0.2, 0) is 4.79 Å². The van der Waals surface area contributed by atoms with Crippen molar-refractivity contribution in [1.29, 1.82) is 0 Å². The van der Waals surface area contributed by atoms with Gasteiger partial charge in [-0.05, 0) is 43.4 Å². The van der Waals surface area contributed by atoms with E-state index in [1.54, 1.807) is 0 Å². The van der Waals surface area contributed by atoms with Gasteiger partial charge in [-0.1, -0.05) is 24.3 Å². The predicted octanol–water partition coefficient (Wildman–Crippen LogP) is 2.57. The van der Waals surface area contributed by atoms with Crippen LogP contribution in [-0.4, -0.2) is 35.4 Å². The molecule has 1 aromatic carbocycles. The Labute approximate surface area is 119 Å². The van der Waals surface area contributed by atoms with E-state index in [0.29, 0.717) is 0 Å². The van der Waals surface area contributed by atoms with Crippen LogP contribution in [0.5, 0.6) is 0 Å². The number of hydrogen-bond acceptors (Lipinski definition) is 3. The molecule has 4 heteroatoms. The molecule has 1 aliphatic heterocycles. The normalized spacial score (nSPS) is 23.1. The van der Waals surface area contributed by atoms with Gasteiger partial charge in [-0.3, -0.25) is 10.1 Å². The number of hydrogen-bond donors (Lipinski definition) is 1. The number of aryl methyl sites for hydroxylation is 1. The van der Waals surface area contributed by atoms with Gasteiger partial charge >= 0.3 is 0 Å². The second-order valence-corrected chi connectivity index (χ2v) is 6.01. The molecule has 1 heterocycles. The van der Waals surface area contributed by atoms with Crippen LogP contribution >= 0.6 is 11.8 Å². The molecule has 3 nitrogen and oxygen atoms in total. The Kier molecular flexibility index (Phi) is 4.88. The molecule has 19 heavy (non-hydrogen) atoms. The molecule has 1 N–H and O–H groups in total. The highest BCUT2D eigenvalue weighted by atomic mass is 32.2. The molecule has 0 aromatic heterocycles. The van der Waals surface area contributed by atoms with E-state index in [1.165, 1.54) is 11.1 Å². The summed E-state index contributed by atoms with van der Waals surface area (Å²) in [7, 11) is 0. The highest BCUT2D eigenvalue weighted by molar-refractivity contribution is 7.98. The molecule has 0 radical (unpaired) electrons. The van der Waals surface area contributed by atoms with Crippen LogP contribution in [0.15, 0.2) is 24.3 Å². The van der Waals surface area contributed by atoms with E-state index >= 15 is 0 Å². The molecule has 1 fully saturated rings. The Morgan fingerprint density at radius 3 is 2.79 bits per heavy atom. The molecule has 1 saturated heterocycles. The van der Waals surface area contributed by atoms with Crippen LogP contribution in [0.1, 0.15) is 30.6 Å². The van der Waals surface area contributed by atoms with Crippen molar-refractivity contribution in [2.45, 2.75) is 32.5 Å². The minimum atomic E-state index is -0.0844. The maximum atomic E-state index is 12.3. The molecule has 2 atom stereocenters. The molecule has 2 rings (SSSR count). The SMILES string of the molecule is CSCCCN1C(=O)C(C)NC1c1ccccc1C. The number of carbonyl (C=O) groups is 1. The van der Waals surface area contributed by atoms with Crippen molar-refractivity contribution in [3.63, 3.8) is 0 Å². The number of benzene rings is 1. The number of thioether (sulfide) groups is 1. The molecule has 1 aromatic rings. The average molecular weight is 278 g/mol. The highest BCUT2D eigenvalue weighted by Gasteiger charge is 2.36. The summed E-state index contributed by atoms with van der Waals surface area (Å²) in [5, 5.41) is 3.41. The van der Waals surface area contributed by atoms with Crippen LogP contribution in [0, 0.1) is 6.92 Å². The zero-order valence-corrected chi connectivity index (χ0v) is 12.7. The van der Waals surface area contributed by atoms with Gasteiger partial charge in [0.1, 0.15) is 6.17 Å². The van der Waals surface area contributed by atoms with Crippen molar-refractivity contribution in [2.24, 2.45) is 0 Å². The Bertz CT molecular complexity index is 450. The summed E-state index contributed by atoms with van der Waals surface area (Å²) in [6.07, 6.45) is 3.18. The molecule has 0 saturated carbocycles. The summed E-state index contributed by atoms with van der Waals surface area (Å²) in [4.78, 5) is 14.2. The van der Waals surface area contributed by atoms with E-state index in [-0.39, 0.29) is 18.1 Å². The van der Waals surface area contributed by atoms with Crippen molar-refractivity contribution >= 4 is 17.7 Å². The first kappa shape index (κ1) is 14.4. The van der Waals surface area contributed by atoms with E-state index in [9.17, 15) is 4.79 Å². The average Bonchev–Trinajstić information content (AvgIpc) is 2.68. The van der Waals surface area contributed by atoms with Crippen molar-refractivity contribution in [3.8, 4) is 0 Å². The maximum absolute atomic E-state index is 12.3. The molecule has 2 unspecified atom stereocenters. The van der Waals surface area contributed by atoms with E-state index in [0.717, 1.165) is 18.7 Å². The summed E-state index contributed by atoms with van der Waals surface area (Å²) in [6.45, 7) is 4.88. The Hall–Kier alpha value is -1.00. The third-order valence-corrected chi connectivity index (χ3v) is 4.30. The smallest absolute Gasteiger partial charge is 0.241 e. The maximum Gasteiger partial charge on any atom is 0.241 e. The Morgan fingerprint density at radius 2 is 2.11 bits per heavy atom. The summed E-state index contributed by atoms with van der Waals surface area (Å²) in [6, 6.07) is 8.21. The number of rotatable bonds is 5. The van der Waals surface area contributed by atoms with E-state index in [4.69, 9.17) is 0 Å². The number of nitrogens with zero attached hydrogens (tertiary/aromatic N) is 1. The lowest BCUT2D eigenvalue weighted by molar-refractivity contribution is -0.129. The van der Waals surface area contributed by atoms with Crippen molar-refractivity contribution in [3.05, 3.63) is 35.4 Å². The van der Waals surface area contributed by atoms with Gasteiger partial charge in [-0.25, -0.2) is 0 Å². The Morgan fingerprint density at radius 1 is 1.37 bits per heavy atom. The monoisotopic (exact) mass is 278 g/mol. The summed E-state index contributed by atoms with van der Waals surface area (Å²) in [5.74, 6) is 1.31. The van der Waals surface area contributed by atoms with Crippen molar-refractivity contribution < 1.29 is 4.79 Å². The lowest BCUT2D eigenvalue weighted by Gasteiger charge is -2.25. The van der Waals surface area contributed by atoms with Crippen LogP contribution in [0.25, 0.3) is 0 Å². The lowest BCUT2D eigenvalue weighted by atomic mass is 10.1. The van der Waals surface area contributed by atoms with Gasteiger partial charge in [0, 0.05) is 6.54 Å². The summed E-state index contributed by atoms with van der Waals surface area (Å²) >= 11 is 1.83. The number of amides is 1. The van der Waals surface area contributed by atoms with Gasteiger partial charge in [-0.15, -0.1) is 0 Å². The summed E-state index contributed by atoms with van der Waals surface area (Å²) < 4.78 is 0. The standard InChI is InChI=1S/C15H22N2OS/c1-11-7-4-5-8-13(11)14-16-12(2)15(18)17(14)9-6-10-19-3/h4-5,7-8,12,14,16H,6,9-10H2,1-3H3. The molecule has 0 bridgehead atoms. The largest absolute Gasteiger partial charge is 0.322 e. The fourth-order valence-electron chi connectivity index (χ4n) is 2.54. The van der Waals surface area contributed by atoms with Gasteiger partial charge in [0.2, 0.25) is 5.91 Å². The molecular formula is C15H22N2OS. The first-order valence-corrected chi connectivity index (χ1v) is 8.15. The van der Waals surface area contributed by atoms with Crippen molar-refractivity contribution in [2.75, 3.05) is 18.6 Å². The number of carbonyl (C=O) groups excluding carboxylic acids is 1. The minimum Gasteiger partial charge on any atom is -0.322 e. The first-order chi connectivity index (χ1) is 9.15. The fourth-order valence-corrected chi connectivity index (χ4v) is 2.96. The van der Waals surface area contributed by atoms with Crippen molar-refractivity contribution in [1.82, 2.24) is 10.2 Å². The van der Waals surface area contributed by atoms with E-state index in [2.05, 4.69) is 30.6 Å². The molecule has 0 aliphatic carbocycles. The minimum absolute atomic E-state index is 0.0329. The van der Waals surface area contributed by atoms with Crippen LogP contribution in [0.4, 0.5) is 0 Å². The second kappa shape index (κ2) is 6.44. The van der Waals surface area contributed by atoms with Crippen LogP contribution < -0.4 is 5.32 Å². The van der Waals surface area contributed by atoms with E-state index in [1.807, 2.05) is 35.7 Å². The molecular weight excluding hydrogens is 256 g/mol. The predicted molar refractivity (Wildman–Crippen MR) is 81.2 cm³/mol.